The highest BCUT2D eigenvalue weighted by molar-refractivity contribution is 7.15. The molecule has 1 N–H and O–H groups in total. The summed E-state index contributed by atoms with van der Waals surface area (Å²) in [6, 6.07) is 7.75. The van der Waals surface area contributed by atoms with Crippen molar-refractivity contribution in [3.05, 3.63) is 34.2 Å². The minimum absolute atomic E-state index is 0.750. The van der Waals surface area contributed by atoms with E-state index in [-0.39, 0.29) is 0 Å². The normalized spacial score (nSPS) is 10.3. The quantitative estimate of drug-likeness (QED) is 0.861. The molecule has 0 aliphatic rings. The molecule has 15 heavy (non-hydrogen) atoms. The van der Waals surface area contributed by atoms with E-state index >= 15 is 0 Å². The fourth-order valence-corrected chi connectivity index (χ4v) is 2.29. The second kappa shape index (κ2) is 4.21. The molecule has 0 fully saturated rings. The predicted molar refractivity (Wildman–Crippen MR) is 66.8 cm³/mol. The van der Waals surface area contributed by atoms with Crippen LogP contribution in [0.25, 0.3) is 11.3 Å². The van der Waals surface area contributed by atoms with Gasteiger partial charge in [-0.3, -0.25) is 0 Å². The highest BCUT2D eigenvalue weighted by Gasteiger charge is 2.08. The molecule has 4 heteroatoms. The molecule has 0 saturated carbocycles. The maximum absolute atomic E-state index is 5.84. The van der Waals surface area contributed by atoms with Gasteiger partial charge >= 0.3 is 0 Å². The molecule has 0 unspecified atom stereocenters. The van der Waals surface area contributed by atoms with E-state index in [9.17, 15) is 0 Å². The Labute approximate surface area is 97.9 Å². The van der Waals surface area contributed by atoms with Crippen LogP contribution in [0.15, 0.2) is 24.3 Å². The van der Waals surface area contributed by atoms with Gasteiger partial charge in [-0.2, -0.15) is 0 Å². The Balaban J connectivity index is 2.44. The summed E-state index contributed by atoms with van der Waals surface area (Å²) in [5.74, 6) is 0. The average molecular weight is 239 g/mol. The fourth-order valence-electron chi connectivity index (χ4n) is 1.38. The Bertz CT molecular complexity index is 462. The molecule has 0 aliphatic carbocycles. The van der Waals surface area contributed by atoms with Gasteiger partial charge in [0, 0.05) is 22.5 Å². The third kappa shape index (κ3) is 2.13. The average Bonchev–Trinajstić information content (AvgIpc) is 2.61. The van der Waals surface area contributed by atoms with Crippen molar-refractivity contribution >= 4 is 28.1 Å². The number of nitrogens with one attached hydrogen (secondary N) is 1. The van der Waals surface area contributed by atoms with Gasteiger partial charge in [0.2, 0.25) is 0 Å². The number of anilines is 1. The van der Waals surface area contributed by atoms with E-state index in [1.165, 1.54) is 4.88 Å². The topological polar surface area (TPSA) is 24.9 Å². The molecule has 1 aromatic heterocycles. The molecule has 0 amide bonds. The maximum Gasteiger partial charge on any atom is 0.183 e. The SMILES string of the molecule is CNc1nc(-c2ccc(Cl)cc2)c(C)s1. The zero-order valence-electron chi connectivity index (χ0n) is 8.54. The Morgan fingerprint density at radius 1 is 1.27 bits per heavy atom. The van der Waals surface area contributed by atoms with Gasteiger partial charge in [0.05, 0.1) is 5.69 Å². The van der Waals surface area contributed by atoms with E-state index in [1.54, 1.807) is 11.3 Å². The predicted octanol–water partition coefficient (Wildman–Crippen LogP) is 3.81. The summed E-state index contributed by atoms with van der Waals surface area (Å²) in [6.07, 6.45) is 0. The van der Waals surface area contributed by atoms with Crippen LogP contribution in [0.4, 0.5) is 5.13 Å². The van der Waals surface area contributed by atoms with E-state index in [4.69, 9.17) is 11.6 Å². The highest BCUT2D eigenvalue weighted by atomic mass is 35.5. The van der Waals surface area contributed by atoms with E-state index in [0.29, 0.717) is 0 Å². The minimum Gasteiger partial charge on any atom is -0.365 e. The first-order valence-corrected chi connectivity index (χ1v) is 5.81. The summed E-state index contributed by atoms with van der Waals surface area (Å²) >= 11 is 7.50. The molecule has 2 nitrogen and oxygen atoms in total. The van der Waals surface area contributed by atoms with Crippen LogP contribution in [0, 0.1) is 6.92 Å². The van der Waals surface area contributed by atoms with Gasteiger partial charge in [-0.15, -0.1) is 11.3 Å². The second-order valence-corrected chi connectivity index (χ2v) is 4.82. The number of nitrogens with zero attached hydrogens (tertiary/aromatic N) is 1. The lowest BCUT2D eigenvalue weighted by atomic mass is 10.1. The van der Waals surface area contributed by atoms with Crippen molar-refractivity contribution in [2.75, 3.05) is 12.4 Å². The number of halogens is 1. The molecule has 0 bridgehead atoms. The first-order valence-electron chi connectivity index (χ1n) is 4.62. The van der Waals surface area contributed by atoms with Gasteiger partial charge in [-0.25, -0.2) is 4.98 Å². The number of aromatic nitrogens is 1. The summed E-state index contributed by atoms with van der Waals surface area (Å²) in [5, 5.41) is 4.74. The third-order valence-corrected chi connectivity index (χ3v) is 3.37. The second-order valence-electron chi connectivity index (χ2n) is 3.18. The third-order valence-electron chi connectivity index (χ3n) is 2.13. The number of hydrogen-bond acceptors (Lipinski definition) is 3. The molecule has 1 heterocycles. The Morgan fingerprint density at radius 2 is 1.93 bits per heavy atom. The van der Waals surface area contributed by atoms with E-state index in [1.807, 2.05) is 31.3 Å². The highest BCUT2D eigenvalue weighted by Crippen LogP contribution is 2.30. The lowest BCUT2D eigenvalue weighted by molar-refractivity contribution is 1.34. The fraction of sp³-hybridized carbons (Fsp3) is 0.182. The smallest absolute Gasteiger partial charge is 0.183 e. The van der Waals surface area contributed by atoms with Crippen LogP contribution in [-0.4, -0.2) is 12.0 Å². The van der Waals surface area contributed by atoms with Crippen molar-refractivity contribution in [1.82, 2.24) is 4.98 Å². The van der Waals surface area contributed by atoms with Crippen LogP contribution in [0.3, 0.4) is 0 Å². The van der Waals surface area contributed by atoms with E-state index in [0.717, 1.165) is 21.4 Å². The number of benzene rings is 1. The van der Waals surface area contributed by atoms with Crippen LogP contribution in [0.5, 0.6) is 0 Å². The van der Waals surface area contributed by atoms with Gasteiger partial charge in [-0.1, -0.05) is 23.7 Å². The summed E-state index contributed by atoms with van der Waals surface area (Å²) in [5.41, 5.74) is 2.13. The molecule has 2 aromatic rings. The maximum atomic E-state index is 5.84. The molecule has 0 saturated heterocycles. The van der Waals surface area contributed by atoms with Crippen molar-refractivity contribution in [1.29, 1.82) is 0 Å². The molecular formula is C11H11ClN2S. The number of aryl methyl sites for hydroxylation is 1. The van der Waals surface area contributed by atoms with Crippen LogP contribution in [0.2, 0.25) is 5.02 Å². The van der Waals surface area contributed by atoms with Gasteiger partial charge in [0.25, 0.3) is 0 Å². The largest absolute Gasteiger partial charge is 0.365 e. The van der Waals surface area contributed by atoms with E-state index in [2.05, 4.69) is 17.2 Å². The first kappa shape index (κ1) is 10.5. The lowest BCUT2D eigenvalue weighted by Gasteiger charge is -1.98. The zero-order chi connectivity index (χ0) is 10.8. The molecule has 0 radical (unpaired) electrons. The van der Waals surface area contributed by atoms with Crippen molar-refractivity contribution in [2.45, 2.75) is 6.92 Å². The van der Waals surface area contributed by atoms with Gasteiger partial charge < -0.3 is 5.32 Å². The molecular weight excluding hydrogens is 228 g/mol. The summed E-state index contributed by atoms with van der Waals surface area (Å²) in [7, 11) is 1.88. The molecule has 0 aliphatic heterocycles. The monoisotopic (exact) mass is 238 g/mol. The Hall–Kier alpha value is -1.06. The van der Waals surface area contributed by atoms with Gasteiger partial charge in [0.1, 0.15) is 0 Å². The zero-order valence-corrected chi connectivity index (χ0v) is 10.1. The van der Waals surface area contributed by atoms with Crippen LogP contribution >= 0.6 is 22.9 Å². The van der Waals surface area contributed by atoms with Crippen molar-refractivity contribution in [3.63, 3.8) is 0 Å². The molecule has 78 valence electrons. The number of thiazole rings is 1. The molecule has 0 spiro atoms. The van der Waals surface area contributed by atoms with Gasteiger partial charge in [0.15, 0.2) is 5.13 Å². The standard InChI is InChI=1S/C11H11ClN2S/c1-7-10(14-11(13-2)15-7)8-3-5-9(12)6-4-8/h3-6H,1-2H3,(H,13,14). The molecule has 0 atom stereocenters. The van der Waals surface area contributed by atoms with Crippen molar-refractivity contribution in [2.24, 2.45) is 0 Å². The van der Waals surface area contributed by atoms with Crippen LogP contribution < -0.4 is 5.32 Å². The summed E-state index contributed by atoms with van der Waals surface area (Å²) < 4.78 is 0. The Kier molecular flexibility index (Phi) is 2.93. The first-order chi connectivity index (χ1) is 7.20. The number of hydrogen-bond donors (Lipinski definition) is 1. The summed E-state index contributed by atoms with van der Waals surface area (Å²) in [4.78, 5) is 5.70. The minimum atomic E-state index is 0.750. The summed E-state index contributed by atoms with van der Waals surface area (Å²) in [6.45, 7) is 2.07. The Morgan fingerprint density at radius 3 is 2.47 bits per heavy atom. The lowest BCUT2D eigenvalue weighted by Crippen LogP contribution is -1.86. The van der Waals surface area contributed by atoms with Crippen LogP contribution in [-0.2, 0) is 0 Å². The van der Waals surface area contributed by atoms with Crippen LogP contribution in [0.1, 0.15) is 4.88 Å². The van der Waals surface area contributed by atoms with Crippen molar-refractivity contribution < 1.29 is 0 Å². The van der Waals surface area contributed by atoms with Crippen molar-refractivity contribution in [3.8, 4) is 11.3 Å². The number of rotatable bonds is 2. The van der Waals surface area contributed by atoms with E-state index < -0.39 is 0 Å². The van der Waals surface area contributed by atoms with Gasteiger partial charge in [-0.05, 0) is 19.1 Å². The molecule has 2 rings (SSSR count). The molecule has 1 aromatic carbocycles.